The quantitative estimate of drug-likeness (QED) is 0.662. The number of ether oxygens (including phenoxy) is 1. The van der Waals surface area contributed by atoms with Crippen molar-refractivity contribution in [2.24, 2.45) is 0 Å². The highest BCUT2D eigenvalue weighted by Gasteiger charge is 2.28. The number of aryl methyl sites for hydroxylation is 2. The van der Waals surface area contributed by atoms with Crippen LogP contribution in [-0.2, 0) is 22.4 Å². The van der Waals surface area contributed by atoms with Crippen LogP contribution in [0.25, 0.3) is 0 Å². The van der Waals surface area contributed by atoms with E-state index < -0.39 is 0 Å². The minimum Gasteiger partial charge on any atom is -0.462 e. The fraction of sp³-hybridized carbons (Fsp3) is 0.520. The summed E-state index contributed by atoms with van der Waals surface area (Å²) in [4.78, 5) is 31.3. The van der Waals surface area contributed by atoms with Crippen LogP contribution in [0, 0.1) is 13.8 Å². The Morgan fingerprint density at radius 3 is 2.59 bits per heavy atom. The fourth-order valence-electron chi connectivity index (χ4n) is 4.67. The van der Waals surface area contributed by atoms with E-state index in [0.717, 1.165) is 57.4 Å². The van der Waals surface area contributed by atoms with Gasteiger partial charge in [-0.25, -0.2) is 4.79 Å². The van der Waals surface area contributed by atoms with E-state index in [1.807, 2.05) is 6.92 Å². The molecule has 1 aliphatic carbocycles. The molecular weight excluding hydrogens is 422 g/mol. The number of rotatable bonds is 6. The Labute approximate surface area is 194 Å². The third-order valence-electron chi connectivity index (χ3n) is 6.56. The number of anilines is 2. The van der Waals surface area contributed by atoms with Crippen LogP contribution < -0.4 is 10.2 Å². The summed E-state index contributed by atoms with van der Waals surface area (Å²) < 4.78 is 5.30. The van der Waals surface area contributed by atoms with Crippen molar-refractivity contribution in [1.82, 2.24) is 4.90 Å². The van der Waals surface area contributed by atoms with Crippen LogP contribution in [0.3, 0.4) is 0 Å². The number of carbonyl (C=O) groups is 2. The molecule has 7 heteroatoms. The molecule has 1 saturated heterocycles. The molecule has 2 heterocycles. The highest BCUT2D eigenvalue weighted by Crippen LogP contribution is 2.38. The zero-order valence-electron chi connectivity index (χ0n) is 19.3. The van der Waals surface area contributed by atoms with Crippen molar-refractivity contribution < 1.29 is 14.3 Å². The summed E-state index contributed by atoms with van der Waals surface area (Å²) in [7, 11) is 0. The van der Waals surface area contributed by atoms with E-state index in [4.69, 9.17) is 4.74 Å². The van der Waals surface area contributed by atoms with Crippen LogP contribution in [0.1, 0.15) is 51.7 Å². The van der Waals surface area contributed by atoms with Gasteiger partial charge in [0.2, 0.25) is 5.91 Å². The van der Waals surface area contributed by atoms with Crippen LogP contribution in [0.4, 0.5) is 10.7 Å². The Hall–Kier alpha value is -2.38. The second-order valence-corrected chi connectivity index (χ2v) is 9.77. The minimum atomic E-state index is -0.315. The Kier molecular flexibility index (Phi) is 7.16. The van der Waals surface area contributed by atoms with Crippen LogP contribution >= 0.6 is 11.3 Å². The summed E-state index contributed by atoms with van der Waals surface area (Å²) in [5.74, 6) is -0.376. The van der Waals surface area contributed by atoms with Gasteiger partial charge in [-0.1, -0.05) is 12.1 Å². The molecule has 2 aromatic rings. The first-order valence-electron chi connectivity index (χ1n) is 11.6. The molecule has 2 aliphatic rings. The Morgan fingerprint density at radius 2 is 1.84 bits per heavy atom. The van der Waals surface area contributed by atoms with Gasteiger partial charge >= 0.3 is 5.97 Å². The van der Waals surface area contributed by atoms with Gasteiger partial charge in [0.1, 0.15) is 5.00 Å². The molecule has 1 fully saturated rings. The standard InChI is InChI=1S/C25H33N3O3S/c1-4-31-25(30)23-19-9-5-6-11-21(19)32-24(23)26-22(29)16-27-12-14-28(15-13-27)20-10-7-8-17(2)18(20)3/h7-8,10H,4-6,9,11-16H2,1-3H3,(H,26,29). The molecule has 0 atom stereocenters. The first kappa shape index (κ1) is 22.8. The van der Waals surface area contributed by atoms with Crippen molar-refractivity contribution in [3.05, 3.63) is 45.3 Å². The number of hydrogen-bond acceptors (Lipinski definition) is 6. The predicted molar refractivity (Wildman–Crippen MR) is 130 cm³/mol. The summed E-state index contributed by atoms with van der Waals surface area (Å²) >= 11 is 1.55. The number of amides is 1. The number of hydrogen-bond donors (Lipinski definition) is 1. The average Bonchev–Trinajstić information content (AvgIpc) is 3.14. The van der Waals surface area contributed by atoms with Crippen molar-refractivity contribution in [2.75, 3.05) is 49.5 Å². The Balaban J connectivity index is 1.38. The molecule has 0 unspecified atom stereocenters. The van der Waals surface area contributed by atoms with Crippen LogP contribution in [0.15, 0.2) is 18.2 Å². The smallest absolute Gasteiger partial charge is 0.341 e. The summed E-state index contributed by atoms with van der Waals surface area (Å²) in [6.07, 6.45) is 4.07. The van der Waals surface area contributed by atoms with E-state index in [0.29, 0.717) is 23.7 Å². The van der Waals surface area contributed by atoms with Crippen LogP contribution in [-0.4, -0.2) is 56.1 Å². The molecule has 0 radical (unpaired) electrons. The number of fused-ring (bicyclic) bond motifs is 1. The fourth-order valence-corrected chi connectivity index (χ4v) is 5.96. The Bertz CT molecular complexity index is 993. The van der Waals surface area contributed by atoms with Gasteiger partial charge < -0.3 is 15.0 Å². The van der Waals surface area contributed by atoms with Gasteiger partial charge in [0, 0.05) is 36.7 Å². The average molecular weight is 456 g/mol. The van der Waals surface area contributed by atoms with Crippen LogP contribution in [0.5, 0.6) is 0 Å². The van der Waals surface area contributed by atoms with Crippen molar-refractivity contribution in [3.8, 4) is 0 Å². The molecule has 0 spiro atoms. The Morgan fingerprint density at radius 1 is 1.09 bits per heavy atom. The lowest BCUT2D eigenvalue weighted by Gasteiger charge is -2.36. The third-order valence-corrected chi connectivity index (χ3v) is 7.77. The molecular formula is C25H33N3O3S. The molecule has 172 valence electrons. The summed E-state index contributed by atoms with van der Waals surface area (Å²) in [6, 6.07) is 6.44. The van der Waals surface area contributed by atoms with E-state index >= 15 is 0 Å². The van der Waals surface area contributed by atoms with Gasteiger partial charge in [-0.2, -0.15) is 0 Å². The maximum Gasteiger partial charge on any atom is 0.341 e. The molecule has 6 nitrogen and oxygen atoms in total. The molecule has 1 N–H and O–H groups in total. The predicted octanol–water partition coefficient (Wildman–Crippen LogP) is 4.18. The van der Waals surface area contributed by atoms with Gasteiger partial charge in [-0.3, -0.25) is 9.69 Å². The third kappa shape index (κ3) is 4.84. The van der Waals surface area contributed by atoms with Crippen molar-refractivity contribution >= 4 is 33.9 Å². The first-order valence-corrected chi connectivity index (χ1v) is 12.4. The molecule has 1 aliphatic heterocycles. The van der Waals surface area contributed by atoms with Crippen LogP contribution in [0.2, 0.25) is 0 Å². The van der Waals surface area contributed by atoms with Gasteiger partial charge in [0.05, 0.1) is 18.7 Å². The second-order valence-electron chi connectivity index (χ2n) is 8.67. The molecule has 32 heavy (non-hydrogen) atoms. The number of benzene rings is 1. The minimum absolute atomic E-state index is 0.0608. The normalized spacial score (nSPS) is 16.5. The van der Waals surface area contributed by atoms with Gasteiger partial charge in [0.15, 0.2) is 0 Å². The molecule has 0 bridgehead atoms. The molecule has 0 saturated carbocycles. The number of piperazine rings is 1. The largest absolute Gasteiger partial charge is 0.462 e. The number of thiophene rings is 1. The van der Waals surface area contributed by atoms with Crippen molar-refractivity contribution in [1.29, 1.82) is 0 Å². The maximum atomic E-state index is 12.9. The van der Waals surface area contributed by atoms with E-state index in [-0.39, 0.29) is 11.9 Å². The summed E-state index contributed by atoms with van der Waals surface area (Å²) in [5, 5.41) is 3.70. The van der Waals surface area contributed by atoms with E-state index in [1.54, 1.807) is 11.3 Å². The molecule has 4 rings (SSSR count). The highest BCUT2D eigenvalue weighted by atomic mass is 32.1. The van der Waals surface area contributed by atoms with E-state index in [1.165, 1.54) is 21.7 Å². The zero-order valence-corrected chi connectivity index (χ0v) is 20.1. The molecule has 1 aromatic carbocycles. The highest BCUT2D eigenvalue weighted by molar-refractivity contribution is 7.17. The number of nitrogens with zero attached hydrogens (tertiary/aromatic N) is 2. The lowest BCUT2D eigenvalue weighted by atomic mass is 9.95. The number of carbonyl (C=O) groups excluding carboxylic acids is 2. The zero-order chi connectivity index (χ0) is 22.7. The van der Waals surface area contributed by atoms with Gasteiger partial charge in [0.25, 0.3) is 0 Å². The van der Waals surface area contributed by atoms with Gasteiger partial charge in [-0.15, -0.1) is 11.3 Å². The lowest BCUT2D eigenvalue weighted by Crippen LogP contribution is -2.48. The topological polar surface area (TPSA) is 61.9 Å². The number of esters is 1. The summed E-state index contributed by atoms with van der Waals surface area (Å²) in [6.45, 7) is 10.3. The molecule has 1 aromatic heterocycles. The van der Waals surface area contributed by atoms with Crippen molar-refractivity contribution in [3.63, 3.8) is 0 Å². The van der Waals surface area contributed by atoms with Gasteiger partial charge in [-0.05, 0) is 69.2 Å². The van der Waals surface area contributed by atoms with E-state index in [2.05, 4.69) is 47.2 Å². The molecule has 1 amide bonds. The summed E-state index contributed by atoms with van der Waals surface area (Å²) in [5.41, 5.74) is 5.58. The second kappa shape index (κ2) is 10.0. The van der Waals surface area contributed by atoms with E-state index in [9.17, 15) is 9.59 Å². The monoisotopic (exact) mass is 455 g/mol. The first-order chi connectivity index (χ1) is 15.5. The lowest BCUT2D eigenvalue weighted by molar-refractivity contribution is -0.117. The SMILES string of the molecule is CCOC(=O)c1c(NC(=O)CN2CCN(c3cccc(C)c3C)CC2)sc2c1CCCC2. The number of nitrogens with one attached hydrogen (secondary N) is 1. The maximum absolute atomic E-state index is 12.9. The van der Waals surface area contributed by atoms with Crippen molar-refractivity contribution in [2.45, 2.75) is 46.5 Å².